The fourth-order valence-corrected chi connectivity index (χ4v) is 2.52. The predicted molar refractivity (Wildman–Crippen MR) is 47.3 cm³/mol. The zero-order valence-corrected chi connectivity index (χ0v) is 8.42. The van der Waals surface area contributed by atoms with Crippen LogP contribution in [0.25, 0.3) is 0 Å². The van der Waals surface area contributed by atoms with Gasteiger partial charge in [0.15, 0.2) is 6.10 Å². The van der Waals surface area contributed by atoms with Crippen molar-refractivity contribution in [2.24, 2.45) is 5.41 Å². The average Bonchev–Trinajstić information content (AvgIpc) is 2.61. The Morgan fingerprint density at radius 3 is 2.62 bits per heavy atom. The molecular formula is C10H16O3. The minimum absolute atomic E-state index is 0.129. The van der Waals surface area contributed by atoms with Crippen molar-refractivity contribution in [1.82, 2.24) is 0 Å². The molecule has 74 valence electrons. The first-order chi connectivity index (χ1) is 5.99. The van der Waals surface area contributed by atoms with Gasteiger partial charge in [0.05, 0.1) is 6.61 Å². The molecule has 0 aromatic rings. The molecular weight excluding hydrogens is 168 g/mol. The zero-order valence-electron chi connectivity index (χ0n) is 8.42. The number of epoxide rings is 1. The van der Waals surface area contributed by atoms with Gasteiger partial charge in [-0.2, -0.15) is 0 Å². The molecule has 1 saturated carbocycles. The summed E-state index contributed by atoms with van der Waals surface area (Å²) in [5.41, 5.74) is 0.219. The van der Waals surface area contributed by atoms with E-state index in [0.29, 0.717) is 12.0 Å². The van der Waals surface area contributed by atoms with E-state index in [0.717, 1.165) is 12.8 Å². The summed E-state index contributed by atoms with van der Waals surface area (Å²) in [6, 6.07) is 0. The van der Waals surface area contributed by atoms with Crippen molar-refractivity contribution in [2.75, 3.05) is 6.61 Å². The van der Waals surface area contributed by atoms with Crippen molar-refractivity contribution in [2.45, 2.75) is 45.3 Å². The fourth-order valence-electron chi connectivity index (χ4n) is 2.52. The van der Waals surface area contributed by atoms with Gasteiger partial charge >= 0.3 is 5.97 Å². The third kappa shape index (κ3) is 1.35. The Kier molecular flexibility index (Phi) is 1.71. The summed E-state index contributed by atoms with van der Waals surface area (Å²) >= 11 is 0. The maximum absolute atomic E-state index is 11.3. The molecule has 0 radical (unpaired) electrons. The topological polar surface area (TPSA) is 38.8 Å². The highest BCUT2D eigenvalue weighted by molar-refractivity contribution is 5.79. The largest absolute Gasteiger partial charge is 0.464 e. The highest BCUT2D eigenvalue weighted by Crippen LogP contribution is 2.61. The maximum atomic E-state index is 11.3. The Hall–Kier alpha value is -0.570. The molecule has 0 aromatic heterocycles. The quantitative estimate of drug-likeness (QED) is 0.482. The summed E-state index contributed by atoms with van der Waals surface area (Å²) in [6.45, 7) is 6.65. The molecule has 1 heterocycles. The van der Waals surface area contributed by atoms with E-state index in [9.17, 15) is 4.79 Å². The van der Waals surface area contributed by atoms with Crippen LogP contribution in [-0.2, 0) is 14.3 Å². The van der Waals surface area contributed by atoms with Crippen LogP contribution in [-0.4, -0.2) is 24.3 Å². The van der Waals surface area contributed by atoms with Crippen LogP contribution < -0.4 is 0 Å². The first-order valence-corrected chi connectivity index (χ1v) is 4.84. The first kappa shape index (κ1) is 9.00. The van der Waals surface area contributed by atoms with E-state index >= 15 is 0 Å². The SMILES string of the molecule is CCOC(=O)C1OC12CC(C)(C)C2. The van der Waals surface area contributed by atoms with Crippen LogP contribution in [0.1, 0.15) is 33.6 Å². The van der Waals surface area contributed by atoms with Crippen molar-refractivity contribution >= 4 is 5.97 Å². The minimum atomic E-state index is -0.263. The van der Waals surface area contributed by atoms with Crippen molar-refractivity contribution in [3.05, 3.63) is 0 Å². The Morgan fingerprint density at radius 2 is 2.15 bits per heavy atom. The lowest BCUT2D eigenvalue weighted by Gasteiger charge is -2.40. The van der Waals surface area contributed by atoms with Crippen molar-refractivity contribution in [1.29, 1.82) is 0 Å². The molecule has 1 saturated heterocycles. The molecule has 2 aliphatic rings. The van der Waals surface area contributed by atoms with Gasteiger partial charge in [-0.15, -0.1) is 0 Å². The zero-order chi connectivity index (χ0) is 9.69. The number of ether oxygens (including phenoxy) is 2. The molecule has 1 aliphatic carbocycles. The molecule has 0 N–H and O–H groups in total. The molecule has 1 atom stereocenters. The molecule has 3 heteroatoms. The van der Waals surface area contributed by atoms with Gasteiger partial charge in [0, 0.05) is 0 Å². The second kappa shape index (κ2) is 2.47. The van der Waals surface area contributed by atoms with Crippen LogP contribution >= 0.6 is 0 Å². The molecule has 2 fully saturated rings. The number of carbonyl (C=O) groups is 1. The van der Waals surface area contributed by atoms with Gasteiger partial charge in [0.1, 0.15) is 5.60 Å². The molecule has 1 spiro atoms. The first-order valence-electron chi connectivity index (χ1n) is 4.84. The van der Waals surface area contributed by atoms with E-state index in [1.165, 1.54) is 0 Å². The summed E-state index contributed by atoms with van der Waals surface area (Å²) in [5.74, 6) is -0.182. The third-order valence-electron chi connectivity index (χ3n) is 2.83. The van der Waals surface area contributed by atoms with E-state index in [1.54, 1.807) is 0 Å². The standard InChI is InChI=1S/C10H16O3/c1-4-12-8(11)7-10(13-7)5-9(2,3)6-10/h7H,4-6H2,1-3H3. The number of carbonyl (C=O) groups excluding carboxylic acids is 1. The fraction of sp³-hybridized carbons (Fsp3) is 0.900. The van der Waals surface area contributed by atoms with E-state index in [1.807, 2.05) is 6.92 Å². The second-order valence-electron chi connectivity index (χ2n) is 4.83. The van der Waals surface area contributed by atoms with E-state index < -0.39 is 0 Å². The highest BCUT2D eigenvalue weighted by Gasteiger charge is 2.70. The van der Waals surface area contributed by atoms with Gasteiger partial charge in [-0.1, -0.05) is 13.8 Å². The molecule has 13 heavy (non-hydrogen) atoms. The number of hydrogen-bond acceptors (Lipinski definition) is 3. The van der Waals surface area contributed by atoms with Crippen molar-refractivity contribution in [3.8, 4) is 0 Å². The van der Waals surface area contributed by atoms with Crippen molar-refractivity contribution in [3.63, 3.8) is 0 Å². The van der Waals surface area contributed by atoms with Crippen LogP contribution in [0.5, 0.6) is 0 Å². The van der Waals surface area contributed by atoms with Gasteiger partial charge in [-0.05, 0) is 25.2 Å². The summed E-state index contributed by atoms with van der Waals surface area (Å²) in [4.78, 5) is 11.3. The maximum Gasteiger partial charge on any atom is 0.338 e. The van der Waals surface area contributed by atoms with Crippen LogP contribution in [0.15, 0.2) is 0 Å². The summed E-state index contributed by atoms with van der Waals surface area (Å²) in [7, 11) is 0. The Bertz CT molecular complexity index is 237. The van der Waals surface area contributed by atoms with Crippen LogP contribution in [0.3, 0.4) is 0 Å². The smallest absolute Gasteiger partial charge is 0.338 e. The van der Waals surface area contributed by atoms with Crippen LogP contribution in [0.2, 0.25) is 0 Å². The van der Waals surface area contributed by atoms with Gasteiger partial charge in [-0.3, -0.25) is 0 Å². The number of esters is 1. The summed E-state index contributed by atoms with van der Waals surface area (Å²) in [5, 5.41) is 0. The number of rotatable bonds is 2. The molecule has 0 aromatic carbocycles. The predicted octanol–water partition coefficient (Wildman–Crippen LogP) is 1.51. The van der Waals surface area contributed by atoms with Crippen LogP contribution in [0, 0.1) is 5.41 Å². The molecule has 3 nitrogen and oxygen atoms in total. The molecule has 1 unspecified atom stereocenters. The minimum Gasteiger partial charge on any atom is -0.464 e. The molecule has 0 bridgehead atoms. The van der Waals surface area contributed by atoms with Crippen molar-refractivity contribution < 1.29 is 14.3 Å². The van der Waals surface area contributed by atoms with Gasteiger partial charge in [0.2, 0.25) is 0 Å². The Balaban J connectivity index is 1.87. The third-order valence-corrected chi connectivity index (χ3v) is 2.83. The molecule has 0 amide bonds. The summed E-state index contributed by atoms with van der Waals surface area (Å²) < 4.78 is 10.3. The number of hydrogen-bond donors (Lipinski definition) is 0. The van der Waals surface area contributed by atoms with E-state index in [4.69, 9.17) is 9.47 Å². The normalized spacial score (nSPS) is 32.4. The Labute approximate surface area is 78.4 Å². The second-order valence-corrected chi connectivity index (χ2v) is 4.83. The molecule has 1 aliphatic heterocycles. The monoisotopic (exact) mass is 184 g/mol. The average molecular weight is 184 g/mol. The van der Waals surface area contributed by atoms with E-state index in [2.05, 4.69) is 13.8 Å². The highest BCUT2D eigenvalue weighted by atomic mass is 16.7. The lowest BCUT2D eigenvalue weighted by molar-refractivity contribution is -0.144. The molecule has 2 rings (SSSR count). The summed E-state index contributed by atoms with van der Waals surface area (Å²) in [6.07, 6.45) is 1.72. The van der Waals surface area contributed by atoms with Gasteiger partial charge < -0.3 is 9.47 Å². The van der Waals surface area contributed by atoms with E-state index in [-0.39, 0.29) is 17.7 Å². The lowest BCUT2D eigenvalue weighted by atomic mass is 9.63. The lowest BCUT2D eigenvalue weighted by Crippen LogP contribution is -2.42. The van der Waals surface area contributed by atoms with Gasteiger partial charge in [-0.25, -0.2) is 4.79 Å². The Morgan fingerprint density at radius 1 is 1.54 bits per heavy atom. The van der Waals surface area contributed by atoms with Crippen LogP contribution in [0.4, 0.5) is 0 Å². The van der Waals surface area contributed by atoms with Gasteiger partial charge in [0.25, 0.3) is 0 Å².